The maximum absolute atomic E-state index is 2.44. The summed E-state index contributed by atoms with van der Waals surface area (Å²) in [4.78, 5) is 0. The zero-order valence-electron chi connectivity index (χ0n) is 31.8. The first-order valence-electron chi connectivity index (χ1n) is 19.5. The summed E-state index contributed by atoms with van der Waals surface area (Å²) in [5.74, 6) is 1.83. The van der Waals surface area contributed by atoms with Crippen LogP contribution < -0.4 is 24.8 Å². The van der Waals surface area contributed by atoms with E-state index in [2.05, 4.69) is 136 Å². The molecular formula is C48H56Cl2SiZr-2. The predicted octanol–water partition coefficient (Wildman–Crippen LogP) is 7.83. The van der Waals surface area contributed by atoms with E-state index >= 15 is 0 Å². The third kappa shape index (κ3) is 11.4. The quantitative estimate of drug-likeness (QED) is 0.109. The third-order valence-corrected chi connectivity index (χ3v) is 11.0. The fourth-order valence-corrected chi connectivity index (χ4v) is 8.27. The Bertz CT molecular complexity index is 1830. The molecule has 52 heavy (non-hydrogen) atoms. The van der Waals surface area contributed by atoms with E-state index in [1.807, 2.05) is 0 Å². The molecule has 0 atom stereocenters. The van der Waals surface area contributed by atoms with Crippen molar-refractivity contribution >= 4 is 27.0 Å². The van der Waals surface area contributed by atoms with Gasteiger partial charge in [0.2, 0.25) is 0 Å². The summed E-state index contributed by atoms with van der Waals surface area (Å²) in [6, 6.07) is 41.3. The second kappa shape index (κ2) is 21.0. The number of halogens is 2. The van der Waals surface area contributed by atoms with Crippen LogP contribution in [0.25, 0.3) is 43.8 Å². The van der Waals surface area contributed by atoms with Crippen LogP contribution in [-0.4, -0.2) is 5.43 Å². The molecule has 0 heterocycles. The van der Waals surface area contributed by atoms with Crippen molar-refractivity contribution in [1.29, 1.82) is 0 Å². The Hall–Kier alpha value is -2.22. The van der Waals surface area contributed by atoms with Gasteiger partial charge in [-0.2, -0.15) is 12.1 Å². The molecule has 0 spiro atoms. The van der Waals surface area contributed by atoms with E-state index in [4.69, 9.17) is 0 Å². The molecule has 0 N–H and O–H groups in total. The number of hydrogen-bond acceptors (Lipinski definition) is 0. The van der Waals surface area contributed by atoms with E-state index < -0.39 is 0 Å². The number of aryl methyl sites for hydroxylation is 2. The van der Waals surface area contributed by atoms with Gasteiger partial charge >= 0.3 is 41.9 Å². The maximum Gasteiger partial charge on any atom is -1.00 e. The first-order chi connectivity index (χ1) is 24.4. The second-order valence-electron chi connectivity index (χ2n) is 15.2. The van der Waals surface area contributed by atoms with Crippen LogP contribution >= 0.6 is 0 Å². The molecule has 0 aromatic heterocycles. The van der Waals surface area contributed by atoms with Crippen molar-refractivity contribution in [2.75, 3.05) is 0 Å². The fourth-order valence-electron chi connectivity index (χ4n) is 8.27. The molecule has 4 heteroatoms. The minimum absolute atomic E-state index is 0. The van der Waals surface area contributed by atoms with Crippen LogP contribution in [-0.2, 0) is 49.0 Å². The van der Waals surface area contributed by atoms with E-state index in [0.29, 0.717) is 0 Å². The fraction of sp³-hybridized carbons (Fsp3) is 0.375. The van der Waals surface area contributed by atoms with Crippen molar-refractivity contribution in [1.82, 2.24) is 0 Å². The molecule has 0 aliphatic heterocycles. The second-order valence-corrected chi connectivity index (χ2v) is 24.5. The molecule has 6 aromatic rings. The van der Waals surface area contributed by atoms with Crippen molar-refractivity contribution in [2.24, 2.45) is 11.8 Å². The van der Waals surface area contributed by atoms with E-state index in [1.165, 1.54) is 130 Å². The van der Waals surface area contributed by atoms with E-state index in [-0.39, 0.29) is 30.2 Å². The topological polar surface area (TPSA) is 0 Å². The molecule has 0 nitrogen and oxygen atoms in total. The van der Waals surface area contributed by atoms with Gasteiger partial charge in [-0.05, 0) is 59.8 Å². The van der Waals surface area contributed by atoms with Crippen LogP contribution in [0.4, 0.5) is 0 Å². The van der Waals surface area contributed by atoms with E-state index in [1.54, 1.807) is 23.3 Å². The minimum atomic E-state index is 0. The largest absolute Gasteiger partial charge is 1.00 e. The average molecular weight is 823 g/mol. The first-order valence-corrected chi connectivity index (χ1v) is 25.7. The number of fused-ring (bicyclic) bond motifs is 2. The van der Waals surface area contributed by atoms with Gasteiger partial charge in [-0.25, -0.2) is 0 Å². The van der Waals surface area contributed by atoms with Gasteiger partial charge in [0.15, 0.2) is 0 Å². The first kappa shape index (κ1) is 42.5. The Morgan fingerprint density at radius 3 is 1.23 bits per heavy atom. The van der Waals surface area contributed by atoms with Gasteiger partial charge in [-0.15, -0.1) is 69.1 Å². The van der Waals surface area contributed by atoms with Crippen LogP contribution in [0, 0.1) is 11.8 Å². The van der Waals surface area contributed by atoms with E-state index in [9.17, 15) is 0 Å². The van der Waals surface area contributed by atoms with Gasteiger partial charge in [0.1, 0.15) is 0 Å². The summed E-state index contributed by atoms with van der Waals surface area (Å²) in [5.41, 5.74) is 11.5. The average Bonchev–Trinajstić information content (AvgIpc) is 3.96. The summed E-state index contributed by atoms with van der Waals surface area (Å²) >= 11 is 1.74. The van der Waals surface area contributed by atoms with E-state index in [0.717, 1.165) is 24.7 Å². The van der Waals surface area contributed by atoms with Crippen LogP contribution in [0.3, 0.4) is 0 Å². The van der Waals surface area contributed by atoms with Gasteiger partial charge in [-0.1, -0.05) is 137 Å². The summed E-state index contributed by atoms with van der Waals surface area (Å²) in [6.07, 6.45) is 16.2. The monoisotopic (exact) mass is 820 g/mol. The Morgan fingerprint density at radius 1 is 0.558 bits per heavy atom. The van der Waals surface area contributed by atoms with Crippen LogP contribution in [0.1, 0.15) is 87.5 Å². The predicted molar refractivity (Wildman–Crippen MR) is 218 cm³/mol. The summed E-state index contributed by atoms with van der Waals surface area (Å²) < 4.78 is 0. The normalized spacial score (nSPS) is 14.3. The minimum Gasteiger partial charge on any atom is -1.00 e. The molecule has 8 rings (SSSR count). The van der Waals surface area contributed by atoms with Gasteiger partial charge in [0.25, 0.3) is 0 Å². The number of hydrogen-bond donors (Lipinski definition) is 0. The van der Waals surface area contributed by atoms with Crippen LogP contribution in [0.2, 0.25) is 13.1 Å². The molecule has 0 bridgehead atoms. The van der Waals surface area contributed by atoms with Crippen molar-refractivity contribution in [3.05, 3.63) is 131 Å². The Labute approximate surface area is 342 Å². The van der Waals surface area contributed by atoms with Crippen molar-refractivity contribution in [3.8, 4) is 22.3 Å². The standard InChI is InChI=1S/2C23H25.C2H6Si.2ClH.Zr/c2*1-2-17-10-12-20(13-11-17)22-9-5-8-21-15-19(16-23(21)22)14-18-6-3-4-7-18;1-3-2;;;/h2*5,8-13,15-16,18H,2-4,6-7,14H2,1H3;1-2H3;2*1H;/q2*-1;;;;+2/p-2. The smallest absolute Gasteiger partial charge is 1.00 e. The summed E-state index contributed by atoms with van der Waals surface area (Å²) in [7, 11) is 0. The molecule has 2 fully saturated rings. The SMILES string of the molecule is CCc1ccc(-c2cccc3[cH-]c(CC4CCCC4)cc23)cc1.CCc1ccc(-c2cccc3[cH-]c(CC4CCCC4)cc23)cc1.C[Si](C)=[Zr+2].[Cl-].[Cl-]. The van der Waals surface area contributed by atoms with Gasteiger partial charge < -0.3 is 24.8 Å². The molecular weight excluding hydrogens is 767 g/mol. The molecule has 2 aliphatic rings. The zero-order valence-corrected chi connectivity index (χ0v) is 36.8. The molecule has 0 unspecified atom stereocenters. The number of rotatable bonds is 8. The maximum atomic E-state index is 2.44. The van der Waals surface area contributed by atoms with Gasteiger partial charge in [-0.3, -0.25) is 0 Å². The Morgan fingerprint density at radius 2 is 0.904 bits per heavy atom. The molecule has 0 radical (unpaired) electrons. The van der Waals surface area contributed by atoms with Crippen LogP contribution in [0.5, 0.6) is 0 Å². The van der Waals surface area contributed by atoms with Crippen molar-refractivity contribution < 1.29 is 48.1 Å². The Balaban J connectivity index is 0.000000204. The number of benzene rings is 4. The molecule has 6 aromatic carbocycles. The molecule has 2 aliphatic carbocycles. The summed E-state index contributed by atoms with van der Waals surface area (Å²) in [6.45, 7) is 9.04. The molecule has 0 amide bonds. The molecule has 2 saturated carbocycles. The third-order valence-electron chi connectivity index (χ3n) is 11.0. The van der Waals surface area contributed by atoms with Gasteiger partial charge in [0.05, 0.1) is 0 Å². The molecule has 272 valence electrons. The summed E-state index contributed by atoms with van der Waals surface area (Å²) in [5, 5.41) is 5.64. The van der Waals surface area contributed by atoms with Crippen LogP contribution in [0.15, 0.2) is 109 Å². The van der Waals surface area contributed by atoms with Gasteiger partial charge in [0, 0.05) is 0 Å². The Kier molecular flexibility index (Phi) is 17.2. The molecule has 0 saturated heterocycles. The van der Waals surface area contributed by atoms with Crippen molar-refractivity contribution in [2.45, 2.75) is 104 Å². The van der Waals surface area contributed by atoms with Crippen molar-refractivity contribution in [3.63, 3.8) is 0 Å². The zero-order chi connectivity index (χ0) is 34.9.